The van der Waals surface area contributed by atoms with Gasteiger partial charge in [0.1, 0.15) is 0 Å². The highest BCUT2D eigenvalue weighted by molar-refractivity contribution is 5.86. The third kappa shape index (κ3) is 1.38. The number of aromatic carboxylic acids is 1. The molecule has 9 nitrogen and oxygen atoms in total. The van der Waals surface area contributed by atoms with Gasteiger partial charge >= 0.3 is 5.97 Å². The molecule has 2 heterocycles. The molecule has 0 atom stereocenters. The van der Waals surface area contributed by atoms with Gasteiger partial charge in [-0.2, -0.15) is 4.68 Å². The fourth-order valence-corrected chi connectivity index (χ4v) is 1.29. The van der Waals surface area contributed by atoms with E-state index in [4.69, 9.17) is 10.8 Å². The molecule has 0 saturated heterocycles. The minimum absolute atomic E-state index is 0.0246. The number of hydrogen-bond donors (Lipinski definition) is 2. The monoisotopic (exact) mass is 224 g/mol. The fraction of sp³-hybridized carbons (Fsp3) is 0.286. The molecule has 2 rings (SSSR count). The molecule has 0 spiro atoms. The van der Waals surface area contributed by atoms with Gasteiger partial charge in [0, 0.05) is 0 Å². The summed E-state index contributed by atoms with van der Waals surface area (Å²) in [4.78, 5) is 10.8. The normalized spacial score (nSPS) is 10.6. The lowest BCUT2D eigenvalue weighted by Crippen LogP contribution is -2.07. The topological polar surface area (TPSA) is 133 Å². The van der Waals surface area contributed by atoms with Gasteiger partial charge in [0.15, 0.2) is 5.69 Å². The van der Waals surface area contributed by atoms with Crippen LogP contribution in [0.25, 0.3) is 5.82 Å². The maximum atomic E-state index is 10.8. The van der Waals surface area contributed by atoms with Crippen LogP contribution in [0.4, 0.5) is 5.82 Å². The zero-order valence-corrected chi connectivity index (χ0v) is 8.28. The first-order valence-electron chi connectivity index (χ1n) is 4.41. The number of carboxylic acids is 1. The van der Waals surface area contributed by atoms with E-state index in [1.165, 1.54) is 4.68 Å². The Morgan fingerprint density at radius 3 is 2.81 bits per heavy atom. The molecule has 0 amide bonds. The molecule has 3 N–H and O–H groups in total. The Hall–Kier alpha value is -2.45. The predicted molar refractivity (Wildman–Crippen MR) is 50.0 cm³/mol. The summed E-state index contributed by atoms with van der Waals surface area (Å²) in [5, 5.41) is 23.0. The SMILES string of the molecule is CCc1c(C(=O)O)nnn1-c1nonc1N. The maximum Gasteiger partial charge on any atom is 0.358 e. The first kappa shape index (κ1) is 10.1. The number of carbonyl (C=O) groups is 1. The number of carboxylic acid groups (broad SMARTS) is 1. The summed E-state index contributed by atoms with van der Waals surface area (Å²) in [5.41, 5.74) is 5.73. The van der Waals surface area contributed by atoms with E-state index in [0.717, 1.165) is 0 Å². The summed E-state index contributed by atoms with van der Waals surface area (Å²) in [6, 6.07) is 0. The van der Waals surface area contributed by atoms with Crippen molar-refractivity contribution in [1.29, 1.82) is 0 Å². The van der Waals surface area contributed by atoms with Crippen LogP contribution in [-0.2, 0) is 6.42 Å². The number of aromatic nitrogens is 5. The Bertz CT molecular complexity index is 530. The molecular weight excluding hydrogens is 216 g/mol. The Balaban J connectivity index is 2.59. The van der Waals surface area contributed by atoms with E-state index in [0.29, 0.717) is 12.1 Å². The average Bonchev–Trinajstić information content (AvgIpc) is 2.82. The van der Waals surface area contributed by atoms with Crippen LogP contribution in [0, 0.1) is 0 Å². The maximum absolute atomic E-state index is 10.8. The number of hydrogen-bond acceptors (Lipinski definition) is 7. The molecule has 0 aromatic carbocycles. The van der Waals surface area contributed by atoms with Gasteiger partial charge in [-0.3, -0.25) is 0 Å². The molecule has 0 aliphatic heterocycles. The number of rotatable bonds is 3. The Morgan fingerprint density at radius 2 is 2.31 bits per heavy atom. The van der Waals surface area contributed by atoms with Crippen LogP contribution in [-0.4, -0.2) is 36.4 Å². The van der Waals surface area contributed by atoms with Gasteiger partial charge in [0.2, 0.25) is 11.6 Å². The Kier molecular flexibility index (Phi) is 2.27. The van der Waals surface area contributed by atoms with E-state index in [2.05, 4.69) is 25.3 Å². The van der Waals surface area contributed by atoms with Crippen molar-refractivity contribution >= 4 is 11.8 Å². The van der Waals surface area contributed by atoms with Crippen LogP contribution in [0.5, 0.6) is 0 Å². The van der Waals surface area contributed by atoms with Gasteiger partial charge in [0.25, 0.3) is 0 Å². The molecule has 0 aliphatic rings. The van der Waals surface area contributed by atoms with E-state index in [9.17, 15) is 4.79 Å². The van der Waals surface area contributed by atoms with Crippen LogP contribution in [0.15, 0.2) is 4.63 Å². The third-order valence-electron chi connectivity index (χ3n) is 2.00. The first-order chi connectivity index (χ1) is 7.65. The molecule has 0 unspecified atom stereocenters. The molecular formula is C7H8N6O3. The molecule has 9 heteroatoms. The second-order valence-electron chi connectivity index (χ2n) is 2.93. The fourth-order valence-electron chi connectivity index (χ4n) is 1.29. The number of anilines is 1. The summed E-state index contributed by atoms with van der Waals surface area (Å²) in [6.45, 7) is 1.77. The van der Waals surface area contributed by atoms with Crippen molar-refractivity contribution in [3.05, 3.63) is 11.4 Å². The van der Waals surface area contributed by atoms with Gasteiger partial charge in [-0.25, -0.2) is 9.42 Å². The molecule has 2 aromatic rings. The molecule has 0 radical (unpaired) electrons. The largest absolute Gasteiger partial charge is 0.476 e. The van der Waals surface area contributed by atoms with Crippen LogP contribution in [0.1, 0.15) is 23.1 Å². The highest BCUT2D eigenvalue weighted by atomic mass is 16.6. The lowest BCUT2D eigenvalue weighted by molar-refractivity contribution is 0.0689. The third-order valence-corrected chi connectivity index (χ3v) is 2.00. The second kappa shape index (κ2) is 3.61. The zero-order chi connectivity index (χ0) is 11.7. The van der Waals surface area contributed by atoms with Crippen molar-refractivity contribution < 1.29 is 14.5 Å². The van der Waals surface area contributed by atoms with Crippen molar-refractivity contribution in [3.63, 3.8) is 0 Å². The summed E-state index contributed by atoms with van der Waals surface area (Å²) in [6.07, 6.45) is 0.418. The lowest BCUT2D eigenvalue weighted by atomic mass is 10.2. The Labute approximate surface area is 88.8 Å². The van der Waals surface area contributed by atoms with Crippen molar-refractivity contribution in [2.24, 2.45) is 0 Å². The van der Waals surface area contributed by atoms with Gasteiger partial charge in [-0.05, 0) is 16.7 Å². The molecule has 16 heavy (non-hydrogen) atoms. The van der Waals surface area contributed by atoms with E-state index < -0.39 is 5.97 Å². The van der Waals surface area contributed by atoms with E-state index in [1.807, 2.05) is 0 Å². The molecule has 0 saturated carbocycles. The molecule has 0 bridgehead atoms. The number of nitrogens with zero attached hydrogens (tertiary/aromatic N) is 5. The van der Waals surface area contributed by atoms with Crippen LogP contribution in [0.2, 0.25) is 0 Å². The minimum Gasteiger partial charge on any atom is -0.476 e. The summed E-state index contributed by atoms with van der Waals surface area (Å²) in [5.74, 6) is -0.994. The van der Waals surface area contributed by atoms with Crippen molar-refractivity contribution in [2.75, 3.05) is 5.73 Å². The Morgan fingerprint density at radius 1 is 1.56 bits per heavy atom. The summed E-state index contributed by atoms with van der Waals surface area (Å²) in [7, 11) is 0. The highest BCUT2D eigenvalue weighted by Crippen LogP contribution is 2.15. The van der Waals surface area contributed by atoms with Crippen LogP contribution in [0.3, 0.4) is 0 Å². The quantitative estimate of drug-likeness (QED) is 0.712. The highest BCUT2D eigenvalue weighted by Gasteiger charge is 2.21. The van der Waals surface area contributed by atoms with Crippen molar-refractivity contribution in [2.45, 2.75) is 13.3 Å². The van der Waals surface area contributed by atoms with Gasteiger partial charge in [-0.1, -0.05) is 12.1 Å². The van der Waals surface area contributed by atoms with Crippen LogP contribution >= 0.6 is 0 Å². The average molecular weight is 224 g/mol. The molecule has 0 fully saturated rings. The van der Waals surface area contributed by atoms with E-state index in [1.54, 1.807) is 6.92 Å². The van der Waals surface area contributed by atoms with Gasteiger partial charge in [0.05, 0.1) is 5.69 Å². The van der Waals surface area contributed by atoms with Gasteiger partial charge in [-0.15, -0.1) is 5.10 Å². The molecule has 84 valence electrons. The zero-order valence-electron chi connectivity index (χ0n) is 8.28. The summed E-state index contributed by atoms with van der Waals surface area (Å²) < 4.78 is 5.61. The van der Waals surface area contributed by atoms with Crippen molar-refractivity contribution in [3.8, 4) is 5.82 Å². The van der Waals surface area contributed by atoms with E-state index in [-0.39, 0.29) is 17.3 Å². The smallest absolute Gasteiger partial charge is 0.358 e. The number of nitrogen functional groups attached to an aromatic ring is 1. The van der Waals surface area contributed by atoms with E-state index >= 15 is 0 Å². The predicted octanol–water partition coefficient (Wildman–Crippen LogP) is -0.507. The number of nitrogens with two attached hydrogens (primary N) is 1. The summed E-state index contributed by atoms with van der Waals surface area (Å²) >= 11 is 0. The molecule has 2 aromatic heterocycles. The van der Waals surface area contributed by atoms with Gasteiger partial charge < -0.3 is 10.8 Å². The van der Waals surface area contributed by atoms with Crippen molar-refractivity contribution in [1.82, 2.24) is 25.3 Å². The second-order valence-corrected chi connectivity index (χ2v) is 2.93. The standard InChI is InChI=1S/C7H8N6O3/c1-2-3-4(7(14)15)9-12-13(3)6-5(8)10-16-11-6/h2H2,1H3,(H2,8,10)(H,14,15). The lowest BCUT2D eigenvalue weighted by Gasteiger charge is -1.99. The molecule has 0 aliphatic carbocycles. The minimum atomic E-state index is -1.15. The first-order valence-corrected chi connectivity index (χ1v) is 4.41. The van der Waals surface area contributed by atoms with Crippen LogP contribution < -0.4 is 5.73 Å².